The summed E-state index contributed by atoms with van der Waals surface area (Å²) in [7, 11) is 0. The maximum absolute atomic E-state index is 13.2. The van der Waals surface area contributed by atoms with Crippen molar-refractivity contribution in [3.05, 3.63) is 28.5 Å². The highest BCUT2D eigenvalue weighted by Crippen LogP contribution is 2.31. The molecule has 1 aliphatic heterocycles. The molecule has 1 unspecified atom stereocenters. The largest absolute Gasteiger partial charge is 0.396 e. The van der Waals surface area contributed by atoms with E-state index in [9.17, 15) is 9.18 Å². The predicted molar refractivity (Wildman–Crippen MR) is 67.1 cm³/mol. The van der Waals surface area contributed by atoms with Crippen molar-refractivity contribution >= 4 is 28.8 Å². The van der Waals surface area contributed by atoms with Gasteiger partial charge in [-0.05, 0) is 26.0 Å². The average molecular weight is 271 g/mol. The number of nitrogens with zero attached hydrogens (tertiary/aromatic N) is 1. The van der Waals surface area contributed by atoms with Crippen LogP contribution in [-0.4, -0.2) is 17.1 Å². The molecule has 0 saturated heterocycles. The first-order chi connectivity index (χ1) is 8.33. The lowest BCUT2D eigenvalue weighted by Crippen LogP contribution is -2.33. The van der Waals surface area contributed by atoms with Gasteiger partial charge in [-0.15, -0.1) is 0 Å². The minimum atomic E-state index is -0.984. The van der Waals surface area contributed by atoms with Gasteiger partial charge in [-0.3, -0.25) is 4.79 Å². The lowest BCUT2D eigenvalue weighted by molar-refractivity contribution is -0.136. The summed E-state index contributed by atoms with van der Waals surface area (Å²) in [5, 5.41) is 4.04. The molecule has 0 radical (unpaired) electrons. The Hall–Kier alpha value is -1.62. The first kappa shape index (κ1) is 12.8. The zero-order chi connectivity index (χ0) is 13.5. The summed E-state index contributed by atoms with van der Waals surface area (Å²) in [6, 6.07) is 2.52. The molecule has 0 spiro atoms. The molecule has 1 aromatic rings. The van der Waals surface area contributed by atoms with Crippen molar-refractivity contribution in [3.63, 3.8) is 0 Å². The maximum Gasteiger partial charge on any atom is 0.197 e. The van der Waals surface area contributed by atoms with Crippen LogP contribution in [0.15, 0.2) is 17.3 Å². The number of hydrogen-bond acceptors (Lipinski definition) is 4. The summed E-state index contributed by atoms with van der Waals surface area (Å²) in [6.45, 7) is 3.08. The zero-order valence-corrected chi connectivity index (χ0v) is 10.7. The van der Waals surface area contributed by atoms with E-state index in [4.69, 9.17) is 22.2 Å². The molecule has 1 heterocycles. The second kappa shape index (κ2) is 4.24. The lowest BCUT2D eigenvalue weighted by atomic mass is 9.92. The van der Waals surface area contributed by atoms with Crippen molar-refractivity contribution in [1.82, 2.24) is 0 Å². The molecular formula is C12H12ClFN2O2. The zero-order valence-electron chi connectivity index (χ0n) is 9.96. The summed E-state index contributed by atoms with van der Waals surface area (Å²) in [5.41, 5.74) is 5.46. The summed E-state index contributed by atoms with van der Waals surface area (Å²) in [6.07, 6.45) is 0.285. The molecule has 2 N–H and O–H groups in total. The molecule has 4 nitrogen and oxygen atoms in total. The Morgan fingerprint density at radius 2 is 2.28 bits per heavy atom. The smallest absolute Gasteiger partial charge is 0.197 e. The van der Waals surface area contributed by atoms with Crippen molar-refractivity contribution in [2.24, 2.45) is 5.16 Å². The number of hydrogen-bond donors (Lipinski definition) is 1. The Labute approximate surface area is 109 Å². The summed E-state index contributed by atoms with van der Waals surface area (Å²) in [5.74, 6) is -0.718. The first-order valence-electron chi connectivity index (χ1n) is 5.34. The highest BCUT2D eigenvalue weighted by molar-refractivity contribution is 6.34. The van der Waals surface area contributed by atoms with Crippen LogP contribution >= 0.6 is 11.6 Å². The third-order valence-corrected chi connectivity index (χ3v) is 3.32. The fraction of sp³-hybridized carbons (Fsp3) is 0.333. The second-order valence-electron chi connectivity index (χ2n) is 4.45. The second-order valence-corrected chi connectivity index (χ2v) is 4.85. The van der Waals surface area contributed by atoms with Gasteiger partial charge in [0, 0.05) is 12.0 Å². The van der Waals surface area contributed by atoms with Crippen LogP contribution in [0, 0.1) is 5.82 Å². The van der Waals surface area contributed by atoms with E-state index >= 15 is 0 Å². The quantitative estimate of drug-likeness (QED) is 0.840. The molecular weight excluding hydrogens is 259 g/mol. The molecule has 0 saturated carbocycles. The van der Waals surface area contributed by atoms with E-state index in [1.54, 1.807) is 6.92 Å². The third-order valence-electron chi connectivity index (χ3n) is 3.00. The Morgan fingerprint density at radius 3 is 2.83 bits per heavy atom. The van der Waals surface area contributed by atoms with Crippen LogP contribution in [0.25, 0.3) is 0 Å². The van der Waals surface area contributed by atoms with E-state index in [0.717, 1.165) is 6.07 Å². The van der Waals surface area contributed by atoms with Crippen molar-refractivity contribution < 1.29 is 14.0 Å². The molecule has 0 aliphatic carbocycles. The van der Waals surface area contributed by atoms with Crippen LogP contribution < -0.4 is 5.73 Å². The normalized spacial score (nSPS) is 22.6. The van der Waals surface area contributed by atoms with E-state index in [1.807, 2.05) is 0 Å². The van der Waals surface area contributed by atoms with Crippen molar-refractivity contribution in [2.45, 2.75) is 25.9 Å². The molecule has 0 amide bonds. The number of halogens is 2. The molecule has 18 heavy (non-hydrogen) atoms. The topological polar surface area (TPSA) is 64.7 Å². The minimum Gasteiger partial charge on any atom is -0.396 e. The van der Waals surface area contributed by atoms with Crippen LogP contribution in [0.1, 0.15) is 25.8 Å². The Kier molecular flexibility index (Phi) is 3.02. The number of anilines is 1. The van der Waals surface area contributed by atoms with Gasteiger partial charge in [0.1, 0.15) is 5.82 Å². The number of Topliss-reactive ketones (excluding diaryl/α,β-unsaturated/α-hetero) is 1. The molecule has 0 fully saturated rings. The highest BCUT2D eigenvalue weighted by Gasteiger charge is 2.39. The van der Waals surface area contributed by atoms with Crippen molar-refractivity contribution in [2.75, 3.05) is 5.73 Å². The molecule has 96 valence electrons. The number of oxime groups is 1. The van der Waals surface area contributed by atoms with Gasteiger partial charge in [-0.1, -0.05) is 16.8 Å². The maximum atomic E-state index is 13.2. The number of carbonyl (C=O) groups excluding carboxylic acids is 1. The van der Waals surface area contributed by atoms with E-state index in [2.05, 4.69) is 5.16 Å². The van der Waals surface area contributed by atoms with E-state index in [-0.39, 0.29) is 22.9 Å². The van der Waals surface area contributed by atoms with Crippen LogP contribution in [0.2, 0.25) is 5.02 Å². The molecule has 2 rings (SSSR count). The number of nitrogen functional groups attached to an aromatic ring is 1. The monoisotopic (exact) mass is 270 g/mol. The van der Waals surface area contributed by atoms with Gasteiger partial charge in [0.25, 0.3) is 0 Å². The van der Waals surface area contributed by atoms with Gasteiger partial charge in [0.15, 0.2) is 11.4 Å². The fourth-order valence-electron chi connectivity index (χ4n) is 1.66. The van der Waals surface area contributed by atoms with Crippen LogP contribution in [0.4, 0.5) is 10.1 Å². The first-order valence-corrected chi connectivity index (χ1v) is 5.72. The number of rotatable bonds is 2. The highest BCUT2D eigenvalue weighted by atomic mass is 35.5. The summed E-state index contributed by atoms with van der Waals surface area (Å²) < 4.78 is 13.2. The average Bonchev–Trinajstić information content (AvgIpc) is 2.68. The van der Waals surface area contributed by atoms with Gasteiger partial charge >= 0.3 is 0 Å². The van der Waals surface area contributed by atoms with Gasteiger partial charge < -0.3 is 10.6 Å². The van der Waals surface area contributed by atoms with Gasteiger partial charge in [-0.25, -0.2) is 4.39 Å². The summed E-state index contributed by atoms with van der Waals surface area (Å²) in [4.78, 5) is 16.6. The van der Waals surface area contributed by atoms with E-state index < -0.39 is 11.4 Å². The predicted octanol–water partition coefficient (Wildman–Crippen LogP) is 2.53. The third kappa shape index (κ3) is 2.06. The van der Waals surface area contributed by atoms with E-state index in [1.165, 1.54) is 13.0 Å². The minimum absolute atomic E-state index is 0.0199. The fourth-order valence-corrected chi connectivity index (χ4v) is 1.92. The Bertz CT molecular complexity index is 559. The molecule has 0 bridgehead atoms. The Balaban J connectivity index is 2.36. The number of nitrogens with two attached hydrogens (primary N) is 1. The van der Waals surface area contributed by atoms with Crippen molar-refractivity contribution in [3.8, 4) is 0 Å². The lowest BCUT2D eigenvalue weighted by Gasteiger charge is -2.16. The SMILES string of the molecule is CC(=O)C1(C)CC(c2cc(N)c(F)cc2Cl)=NO1. The van der Waals surface area contributed by atoms with Crippen LogP contribution in [-0.2, 0) is 9.63 Å². The molecule has 1 aliphatic rings. The van der Waals surface area contributed by atoms with Gasteiger partial charge in [0.05, 0.1) is 16.4 Å². The van der Waals surface area contributed by atoms with Crippen LogP contribution in [0.5, 0.6) is 0 Å². The standard InChI is InChI=1S/C12H12ClFN2O2/c1-6(17)12(2)5-11(16-18-12)7-3-10(15)9(14)4-8(7)13/h3-4H,5,15H2,1-2H3. The molecule has 1 atom stereocenters. The van der Waals surface area contributed by atoms with Crippen LogP contribution in [0.3, 0.4) is 0 Å². The number of benzene rings is 1. The van der Waals surface area contributed by atoms with Gasteiger partial charge in [0.2, 0.25) is 0 Å². The molecule has 1 aromatic carbocycles. The summed E-state index contributed by atoms with van der Waals surface area (Å²) >= 11 is 5.94. The number of ketones is 1. The van der Waals surface area contributed by atoms with E-state index in [0.29, 0.717) is 11.3 Å². The molecule has 6 heteroatoms. The van der Waals surface area contributed by atoms with Gasteiger partial charge in [-0.2, -0.15) is 0 Å². The van der Waals surface area contributed by atoms with Crippen molar-refractivity contribution in [1.29, 1.82) is 0 Å². The molecule has 0 aromatic heterocycles. The Morgan fingerprint density at radius 1 is 1.61 bits per heavy atom. The number of carbonyl (C=O) groups is 1.